The molecule has 2 aliphatic rings. The second kappa shape index (κ2) is 2.35. The number of fused-ring (bicyclic) bond motifs is 4. The summed E-state index contributed by atoms with van der Waals surface area (Å²) in [5.41, 5.74) is 1.52. The van der Waals surface area contributed by atoms with E-state index < -0.39 is 11.7 Å². The van der Waals surface area contributed by atoms with Crippen LogP contribution in [0.15, 0.2) is 42.5 Å². The molecule has 0 aromatic heterocycles. The zero-order chi connectivity index (χ0) is 9.76. The van der Waals surface area contributed by atoms with Crippen LogP contribution in [-0.2, 0) is 5.60 Å². The van der Waals surface area contributed by atoms with Gasteiger partial charge in [0.1, 0.15) is 11.7 Å². The van der Waals surface area contributed by atoms with Crippen LogP contribution in [0.25, 0.3) is 5.57 Å². The van der Waals surface area contributed by atoms with Gasteiger partial charge in [0.15, 0.2) is 0 Å². The fourth-order valence-corrected chi connectivity index (χ4v) is 2.27. The van der Waals surface area contributed by atoms with Crippen molar-refractivity contribution in [2.24, 2.45) is 0 Å². The number of benzene rings is 1. The molecule has 0 fully saturated rings. The van der Waals surface area contributed by atoms with Crippen LogP contribution in [-0.4, -0.2) is 16.3 Å². The molecule has 0 saturated heterocycles. The molecule has 0 aliphatic heterocycles. The molecule has 0 heterocycles. The Bertz CT molecular complexity index is 459. The Labute approximate surface area is 81.8 Å². The van der Waals surface area contributed by atoms with Gasteiger partial charge in [0.2, 0.25) is 0 Å². The van der Waals surface area contributed by atoms with E-state index in [1.807, 2.05) is 30.3 Å². The van der Waals surface area contributed by atoms with Crippen LogP contribution < -0.4 is 0 Å². The van der Waals surface area contributed by atoms with Crippen molar-refractivity contribution in [2.45, 2.75) is 11.7 Å². The molecule has 2 nitrogen and oxygen atoms in total. The van der Waals surface area contributed by atoms with E-state index >= 15 is 0 Å². The van der Waals surface area contributed by atoms with Crippen LogP contribution in [0.1, 0.15) is 11.1 Å². The molecule has 0 radical (unpaired) electrons. The smallest absolute Gasteiger partial charge is 0.145 e. The molecular weight excluding hydrogens is 176 g/mol. The summed E-state index contributed by atoms with van der Waals surface area (Å²) in [6, 6.07) is 7.62. The third-order valence-corrected chi connectivity index (χ3v) is 3.02. The molecule has 2 aliphatic carbocycles. The van der Waals surface area contributed by atoms with Crippen molar-refractivity contribution in [2.75, 3.05) is 0 Å². The van der Waals surface area contributed by atoms with Crippen molar-refractivity contribution in [3.05, 3.63) is 53.6 Å². The standard InChI is InChI=1S/C12H10O2/c13-11-7-3-6-10-8-4-1-2-5-9(8)12(10,11)14/h1-7,11,13-14H/t11-,12+/m0/s1. The first-order valence-electron chi connectivity index (χ1n) is 4.64. The molecular formula is C12H10O2. The summed E-state index contributed by atoms with van der Waals surface area (Å²) in [6.45, 7) is 0. The number of rotatable bonds is 0. The summed E-state index contributed by atoms with van der Waals surface area (Å²) < 4.78 is 0. The Balaban J connectivity index is 2.27. The molecule has 0 spiro atoms. The van der Waals surface area contributed by atoms with Crippen molar-refractivity contribution in [3.63, 3.8) is 0 Å². The molecule has 2 heteroatoms. The second-order valence-corrected chi connectivity index (χ2v) is 3.72. The number of allylic oxidation sites excluding steroid dienone is 2. The number of hydrogen-bond acceptors (Lipinski definition) is 2. The highest BCUT2D eigenvalue weighted by atomic mass is 16.3. The van der Waals surface area contributed by atoms with Crippen molar-refractivity contribution < 1.29 is 10.2 Å². The van der Waals surface area contributed by atoms with E-state index in [9.17, 15) is 10.2 Å². The van der Waals surface area contributed by atoms with E-state index in [2.05, 4.69) is 0 Å². The summed E-state index contributed by atoms with van der Waals surface area (Å²) in [5.74, 6) is 0. The normalized spacial score (nSPS) is 32.7. The maximum absolute atomic E-state index is 10.3. The molecule has 0 amide bonds. The maximum Gasteiger partial charge on any atom is 0.145 e. The highest BCUT2D eigenvalue weighted by Crippen LogP contribution is 2.52. The molecule has 70 valence electrons. The molecule has 3 rings (SSSR count). The zero-order valence-corrected chi connectivity index (χ0v) is 7.51. The summed E-state index contributed by atoms with van der Waals surface area (Å²) in [4.78, 5) is 0. The Hall–Kier alpha value is -1.38. The molecule has 0 bridgehead atoms. The van der Waals surface area contributed by atoms with Gasteiger partial charge in [-0.1, -0.05) is 42.5 Å². The molecule has 1 aromatic rings. The number of aliphatic hydroxyl groups is 2. The molecule has 0 saturated carbocycles. The minimum Gasteiger partial charge on any atom is -0.385 e. The van der Waals surface area contributed by atoms with Gasteiger partial charge in [-0.2, -0.15) is 0 Å². The predicted octanol–water partition coefficient (Wildman–Crippen LogP) is 1.20. The van der Waals surface area contributed by atoms with Gasteiger partial charge in [0.25, 0.3) is 0 Å². The Morgan fingerprint density at radius 3 is 2.86 bits per heavy atom. The topological polar surface area (TPSA) is 40.5 Å². The lowest BCUT2D eigenvalue weighted by Gasteiger charge is -2.45. The quantitative estimate of drug-likeness (QED) is 0.639. The van der Waals surface area contributed by atoms with Gasteiger partial charge in [-0.15, -0.1) is 0 Å². The largest absolute Gasteiger partial charge is 0.385 e. The van der Waals surface area contributed by atoms with Crippen molar-refractivity contribution in [3.8, 4) is 0 Å². The fourth-order valence-electron chi connectivity index (χ4n) is 2.27. The Kier molecular flexibility index (Phi) is 1.34. The first-order valence-corrected chi connectivity index (χ1v) is 4.64. The highest BCUT2D eigenvalue weighted by Gasteiger charge is 2.50. The minimum absolute atomic E-state index is 0.822. The van der Waals surface area contributed by atoms with Gasteiger partial charge in [-0.05, 0) is 16.7 Å². The molecule has 14 heavy (non-hydrogen) atoms. The van der Waals surface area contributed by atoms with Crippen LogP contribution in [0, 0.1) is 0 Å². The van der Waals surface area contributed by atoms with E-state index in [-0.39, 0.29) is 0 Å². The molecule has 1 aromatic carbocycles. The lowest BCUT2D eigenvalue weighted by molar-refractivity contribution is -0.0206. The van der Waals surface area contributed by atoms with Crippen molar-refractivity contribution >= 4 is 5.57 Å². The number of hydrogen-bond donors (Lipinski definition) is 2. The first-order chi connectivity index (χ1) is 6.74. The Morgan fingerprint density at radius 2 is 2.00 bits per heavy atom. The fraction of sp³-hybridized carbons (Fsp3) is 0.167. The zero-order valence-electron chi connectivity index (χ0n) is 7.51. The summed E-state index contributed by atoms with van der Waals surface area (Å²) >= 11 is 0. The van der Waals surface area contributed by atoms with Gasteiger partial charge < -0.3 is 10.2 Å². The lowest BCUT2D eigenvalue weighted by atomic mass is 9.64. The monoisotopic (exact) mass is 186 g/mol. The molecule has 2 atom stereocenters. The van der Waals surface area contributed by atoms with Crippen LogP contribution in [0.2, 0.25) is 0 Å². The van der Waals surface area contributed by atoms with Crippen molar-refractivity contribution in [1.29, 1.82) is 0 Å². The SMILES string of the molecule is O[C@H]1C=CC=C2c3ccccc3[C@@]21O. The van der Waals surface area contributed by atoms with Gasteiger partial charge in [-0.25, -0.2) is 0 Å². The highest BCUT2D eigenvalue weighted by molar-refractivity contribution is 5.88. The second-order valence-electron chi connectivity index (χ2n) is 3.72. The molecule has 0 unspecified atom stereocenters. The molecule has 2 N–H and O–H groups in total. The van der Waals surface area contributed by atoms with Crippen LogP contribution in [0.5, 0.6) is 0 Å². The minimum atomic E-state index is -1.16. The van der Waals surface area contributed by atoms with E-state index in [4.69, 9.17) is 0 Å². The average molecular weight is 186 g/mol. The maximum atomic E-state index is 10.3. The van der Waals surface area contributed by atoms with Gasteiger partial charge in [-0.3, -0.25) is 0 Å². The summed E-state index contributed by atoms with van der Waals surface area (Å²) in [6.07, 6.45) is 4.43. The third-order valence-electron chi connectivity index (χ3n) is 3.02. The van der Waals surface area contributed by atoms with Crippen LogP contribution in [0.3, 0.4) is 0 Å². The average Bonchev–Trinajstić information content (AvgIpc) is 2.21. The van der Waals surface area contributed by atoms with E-state index in [1.165, 1.54) is 0 Å². The van der Waals surface area contributed by atoms with Gasteiger partial charge >= 0.3 is 0 Å². The summed E-state index contributed by atoms with van der Waals surface area (Å²) in [5, 5.41) is 20.0. The lowest BCUT2D eigenvalue weighted by Crippen LogP contribution is -2.47. The van der Waals surface area contributed by atoms with E-state index in [1.54, 1.807) is 12.2 Å². The number of aliphatic hydroxyl groups excluding tert-OH is 1. The van der Waals surface area contributed by atoms with E-state index in [0.717, 1.165) is 16.7 Å². The first kappa shape index (κ1) is 7.97. The predicted molar refractivity (Wildman–Crippen MR) is 53.5 cm³/mol. The van der Waals surface area contributed by atoms with Crippen LogP contribution >= 0.6 is 0 Å². The van der Waals surface area contributed by atoms with Gasteiger partial charge in [0.05, 0.1) is 0 Å². The van der Waals surface area contributed by atoms with E-state index in [0.29, 0.717) is 0 Å². The van der Waals surface area contributed by atoms with Gasteiger partial charge in [0, 0.05) is 0 Å². The van der Waals surface area contributed by atoms with Crippen molar-refractivity contribution in [1.82, 2.24) is 0 Å². The summed E-state index contributed by atoms with van der Waals surface area (Å²) in [7, 11) is 0. The third kappa shape index (κ3) is 0.694. The Morgan fingerprint density at radius 1 is 1.21 bits per heavy atom. The van der Waals surface area contributed by atoms with Crippen LogP contribution in [0.4, 0.5) is 0 Å².